The Morgan fingerprint density at radius 1 is 0.875 bits per heavy atom. The Labute approximate surface area is 148 Å². The highest BCUT2D eigenvalue weighted by Crippen LogP contribution is 2.10. The second-order valence-corrected chi connectivity index (χ2v) is 6.95. The van der Waals surface area contributed by atoms with Crippen LogP contribution in [-0.2, 0) is 0 Å². The highest BCUT2D eigenvalue weighted by atomic mass is 16.6. The van der Waals surface area contributed by atoms with Gasteiger partial charge < -0.3 is 15.5 Å². The Morgan fingerprint density at radius 3 is 1.58 bits per heavy atom. The van der Waals surface area contributed by atoms with Crippen molar-refractivity contribution in [2.75, 3.05) is 34.7 Å². The van der Waals surface area contributed by atoms with E-state index >= 15 is 0 Å². The summed E-state index contributed by atoms with van der Waals surface area (Å²) in [5.74, 6) is 1.07. The predicted octanol–water partition coefficient (Wildman–Crippen LogP) is 4.41. The highest BCUT2D eigenvalue weighted by molar-refractivity contribution is 5.72. The number of hydrogen-bond acceptors (Lipinski definition) is 2. The van der Waals surface area contributed by atoms with Crippen LogP contribution in [0.2, 0.25) is 0 Å². The molecule has 0 aromatic heterocycles. The molecule has 0 unspecified atom stereocenters. The van der Waals surface area contributed by atoms with Crippen molar-refractivity contribution in [1.82, 2.24) is 5.32 Å². The van der Waals surface area contributed by atoms with Gasteiger partial charge in [0, 0.05) is 13.6 Å². The molecule has 0 spiro atoms. The molecule has 0 fully saturated rings. The number of quaternary nitrogens is 1. The molecule has 0 heterocycles. The van der Waals surface area contributed by atoms with E-state index in [0.29, 0.717) is 0 Å². The average molecular weight is 347 g/mol. The van der Waals surface area contributed by atoms with Crippen molar-refractivity contribution in [2.24, 2.45) is 4.99 Å². The van der Waals surface area contributed by atoms with Gasteiger partial charge in [-0.15, -0.1) is 0 Å². The van der Waals surface area contributed by atoms with Crippen LogP contribution in [0.4, 0.5) is 4.79 Å². The zero-order valence-corrected chi connectivity index (χ0v) is 16.5. The maximum absolute atomic E-state index is 8.56. The van der Waals surface area contributed by atoms with E-state index in [1.54, 1.807) is 0 Å². The molecule has 0 aliphatic rings. The van der Waals surface area contributed by atoms with Crippen LogP contribution in [0.15, 0.2) is 4.99 Å². The monoisotopic (exact) mass is 346 g/mol. The van der Waals surface area contributed by atoms with Crippen LogP contribution >= 0.6 is 0 Å². The summed E-state index contributed by atoms with van der Waals surface area (Å²) >= 11 is 0. The normalized spacial score (nSPS) is 11.6. The van der Waals surface area contributed by atoms with Crippen molar-refractivity contribution < 1.29 is 19.5 Å². The van der Waals surface area contributed by atoms with E-state index in [9.17, 15) is 0 Å². The van der Waals surface area contributed by atoms with E-state index < -0.39 is 6.16 Å². The maximum atomic E-state index is 8.56. The number of rotatable bonds is 11. The van der Waals surface area contributed by atoms with Gasteiger partial charge in [-0.2, -0.15) is 0 Å². The van der Waals surface area contributed by atoms with Gasteiger partial charge in [-0.1, -0.05) is 64.7 Å². The molecule has 0 radical (unpaired) electrons. The van der Waals surface area contributed by atoms with E-state index in [0.717, 1.165) is 17.0 Å². The summed E-state index contributed by atoms with van der Waals surface area (Å²) in [6.07, 6.45) is 12.1. The largest absolute Gasteiger partial charge is 0.503 e. The van der Waals surface area contributed by atoms with Crippen LogP contribution in [0.25, 0.3) is 0 Å². The third-order valence-corrected chi connectivity index (χ3v) is 3.66. The van der Waals surface area contributed by atoms with E-state index in [1.165, 1.54) is 64.2 Å². The summed E-state index contributed by atoms with van der Waals surface area (Å²) in [5, 5.41) is 17.4. The molecule has 24 heavy (non-hydrogen) atoms. The summed E-state index contributed by atoms with van der Waals surface area (Å²) in [6, 6.07) is 0. The highest BCUT2D eigenvalue weighted by Gasteiger charge is 2.15. The topological polar surface area (TPSA) is 81.9 Å². The molecule has 0 rings (SSSR count). The molecule has 0 saturated carbocycles. The third-order valence-electron chi connectivity index (χ3n) is 3.66. The van der Waals surface area contributed by atoms with Gasteiger partial charge in [0.25, 0.3) is 5.96 Å². The first-order chi connectivity index (χ1) is 11.3. The smallest absolute Gasteiger partial charge is 0.450 e. The molecular weight excluding hydrogens is 306 g/mol. The molecule has 0 aromatic carbocycles. The molecule has 0 amide bonds. The quantitative estimate of drug-likeness (QED) is 0.224. The Bertz CT molecular complexity index is 322. The molecule has 6 nitrogen and oxygen atoms in total. The lowest BCUT2D eigenvalue weighted by Crippen LogP contribution is -2.49. The van der Waals surface area contributed by atoms with Gasteiger partial charge in [0.2, 0.25) is 0 Å². The van der Waals surface area contributed by atoms with E-state index in [4.69, 9.17) is 15.0 Å². The number of guanidine groups is 1. The van der Waals surface area contributed by atoms with E-state index in [1.807, 2.05) is 7.05 Å². The maximum Gasteiger partial charge on any atom is 0.503 e. The summed E-state index contributed by atoms with van der Waals surface area (Å²) in [4.78, 5) is 12.9. The number of nitrogens with zero attached hydrogens (tertiary/aromatic N) is 2. The lowest BCUT2D eigenvalue weighted by Gasteiger charge is -2.24. The minimum Gasteiger partial charge on any atom is -0.450 e. The second kappa shape index (κ2) is 16.6. The molecule has 0 aromatic rings. The Hall–Kier alpha value is -1.30. The van der Waals surface area contributed by atoms with Gasteiger partial charge in [0.1, 0.15) is 0 Å². The van der Waals surface area contributed by atoms with Gasteiger partial charge >= 0.3 is 6.16 Å². The molecule has 0 atom stereocenters. The third kappa shape index (κ3) is 20.7. The molecular formula is C18H40N3O3+. The van der Waals surface area contributed by atoms with Crippen molar-refractivity contribution in [3.8, 4) is 0 Å². The average Bonchev–Trinajstić information content (AvgIpc) is 2.46. The molecule has 0 aliphatic heterocycles. The van der Waals surface area contributed by atoms with Crippen molar-refractivity contribution in [3.05, 3.63) is 0 Å². The lowest BCUT2D eigenvalue weighted by atomic mass is 10.1. The SMILES string of the molecule is CCCCCCCCCCCCNC(=NC)[N+](C)(C)C.O=C(O)O. The van der Waals surface area contributed by atoms with Crippen LogP contribution in [0, 0.1) is 0 Å². The van der Waals surface area contributed by atoms with Crippen molar-refractivity contribution in [1.29, 1.82) is 0 Å². The first-order valence-corrected chi connectivity index (χ1v) is 9.20. The van der Waals surface area contributed by atoms with E-state index in [-0.39, 0.29) is 0 Å². The molecule has 6 heteroatoms. The van der Waals surface area contributed by atoms with Crippen molar-refractivity contribution in [3.63, 3.8) is 0 Å². The lowest BCUT2D eigenvalue weighted by molar-refractivity contribution is -0.779. The second-order valence-electron chi connectivity index (χ2n) is 6.95. The number of hydrogen-bond donors (Lipinski definition) is 3. The van der Waals surface area contributed by atoms with Crippen LogP contribution in [0.1, 0.15) is 71.1 Å². The first kappa shape index (κ1) is 24.9. The van der Waals surface area contributed by atoms with Crippen LogP contribution < -0.4 is 5.32 Å². The van der Waals surface area contributed by atoms with Crippen molar-refractivity contribution in [2.45, 2.75) is 71.1 Å². The Kier molecular flexibility index (Phi) is 17.2. The molecule has 0 bridgehead atoms. The fourth-order valence-electron chi connectivity index (χ4n) is 2.43. The van der Waals surface area contributed by atoms with Gasteiger partial charge in [0.05, 0.1) is 21.1 Å². The van der Waals surface area contributed by atoms with Gasteiger partial charge in [0.15, 0.2) is 0 Å². The van der Waals surface area contributed by atoms with Crippen LogP contribution in [0.5, 0.6) is 0 Å². The number of nitrogens with one attached hydrogen (secondary N) is 1. The number of unbranched alkanes of at least 4 members (excludes halogenated alkanes) is 9. The molecule has 0 saturated heterocycles. The predicted molar refractivity (Wildman–Crippen MR) is 102 cm³/mol. The van der Waals surface area contributed by atoms with E-state index in [2.05, 4.69) is 38.4 Å². The first-order valence-electron chi connectivity index (χ1n) is 9.20. The molecule has 0 aliphatic carbocycles. The van der Waals surface area contributed by atoms with Gasteiger partial charge in [-0.05, 0) is 6.42 Å². The number of carboxylic acid groups (broad SMARTS) is 2. The summed E-state index contributed by atoms with van der Waals surface area (Å²) in [7, 11) is 8.31. The van der Waals surface area contributed by atoms with Crippen LogP contribution in [0.3, 0.4) is 0 Å². The summed E-state index contributed by atoms with van der Waals surface area (Å²) in [5.41, 5.74) is 0. The van der Waals surface area contributed by atoms with Gasteiger partial charge in [-0.3, -0.25) is 4.48 Å². The van der Waals surface area contributed by atoms with Crippen LogP contribution in [-0.4, -0.2) is 61.5 Å². The fourth-order valence-corrected chi connectivity index (χ4v) is 2.43. The minimum atomic E-state index is -1.83. The Balaban J connectivity index is 0. The zero-order chi connectivity index (χ0) is 18.8. The van der Waals surface area contributed by atoms with Gasteiger partial charge in [-0.25, -0.2) is 9.79 Å². The standard InChI is InChI=1S/C17H38N3.CH2O3/c1-6-7-8-9-10-11-12-13-14-15-16-19-17(18-2)20(3,4)5;2-1(3)4/h6-16H2,1-5H3,(H,18,19);(H2,2,3,4)/q+1;. The molecule has 3 N–H and O–H groups in total. The van der Waals surface area contributed by atoms with Crippen molar-refractivity contribution >= 4 is 12.1 Å². The number of aliphatic imine (C=N–C) groups is 1. The Morgan fingerprint density at radius 2 is 1.25 bits per heavy atom. The zero-order valence-electron chi connectivity index (χ0n) is 16.5. The summed E-state index contributed by atoms with van der Waals surface area (Å²) < 4.78 is 0.772. The number of carbonyl (C=O) groups is 1. The summed E-state index contributed by atoms with van der Waals surface area (Å²) in [6.45, 7) is 3.33. The molecule has 144 valence electrons. The fraction of sp³-hybridized carbons (Fsp3) is 0.889. The minimum absolute atomic E-state index is 0.772.